The zero-order chi connectivity index (χ0) is 21.6. The van der Waals surface area contributed by atoms with Crippen LogP contribution in [0.5, 0.6) is 0 Å². The molecule has 1 amide bonds. The van der Waals surface area contributed by atoms with Crippen LogP contribution in [0.1, 0.15) is 18.5 Å². The summed E-state index contributed by atoms with van der Waals surface area (Å²) in [5.41, 5.74) is 2.97. The lowest BCUT2D eigenvalue weighted by Gasteiger charge is -2.14. The summed E-state index contributed by atoms with van der Waals surface area (Å²) < 4.78 is 2.96. The number of thioether (sulfide) groups is 1. The Bertz CT molecular complexity index is 1160. The highest BCUT2D eigenvalue weighted by molar-refractivity contribution is 9.10. The molecule has 0 saturated carbocycles. The normalized spacial score (nSPS) is 11.8. The fourth-order valence-corrected chi connectivity index (χ4v) is 4.39. The molecule has 31 heavy (non-hydrogen) atoms. The third kappa shape index (κ3) is 5.24. The molecule has 1 N–H and O–H groups in total. The van der Waals surface area contributed by atoms with E-state index < -0.39 is 0 Å². The van der Waals surface area contributed by atoms with Crippen molar-refractivity contribution in [3.05, 3.63) is 95.0 Å². The fourth-order valence-electron chi connectivity index (χ4n) is 3.23. The molecular weight excluding hydrogens is 472 g/mol. The van der Waals surface area contributed by atoms with Crippen molar-refractivity contribution < 1.29 is 4.79 Å². The predicted molar refractivity (Wildman–Crippen MR) is 128 cm³/mol. The number of amides is 1. The molecule has 0 saturated heterocycles. The number of carbonyl (C=O) groups is 1. The van der Waals surface area contributed by atoms with Crippen molar-refractivity contribution in [3.63, 3.8) is 0 Å². The lowest BCUT2D eigenvalue weighted by molar-refractivity contribution is -0.119. The predicted octanol–water partition coefficient (Wildman–Crippen LogP) is 5.67. The number of hydrogen-bond donors (Lipinski definition) is 1. The third-order valence-electron chi connectivity index (χ3n) is 4.74. The first-order chi connectivity index (χ1) is 15.1. The third-order valence-corrected chi connectivity index (χ3v) is 6.16. The Morgan fingerprint density at radius 3 is 2.42 bits per heavy atom. The smallest absolute Gasteiger partial charge is 0.230 e. The van der Waals surface area contributed by atoms with Gasteiger partial charge in [0, 0.05) is 15.7 Å². The molecule has 156 valence electrons. The maximum Gasteiger partial charge on any atom is 0.230 e. The van der Waals surface area contributed by atoms with Crippen LogP contribution in [-0.2, 0) is 4.79 Å². The molecule has 7 heteroatoms. The topological polar surface area (TPSA) is 59.8 Å². The van der Waals surface area contributed by atoms with E-state index in [0.717, 1.165) is 27.1 Å². The Kier molecular flexibility index (Phi) is 6.84. The van der Waals surface area contributed by atoms with Crippen LogP contribution < -0.4 is 5.32 Å². The van der Waals surface area contributed by atoms with Crippen molar-refractivity contribution in [2.24, 2.45) is 0 Å². The number of rotatable bonds is 7. The molecule has 1 aromatic heterocycles. The standard InChI is InChI=1S/C24H21BrN4OS/c1-17(18-9-4-2-5-10-18)26-22(30)16-31-24-28-27-23(19-11-8-12-20(25)15-19)29(24)21-13-6-3-7-14-21/h2-15,17H,16H2,1H3,(H,26,30). The van der Waals surface area contributed by atoms with Gasteiger partial charge < -0.3 is 5.32 Å². The second-order valence-electron chi connectivity index (χ2n) is 6.98. The van der Waals surface area contributed by atoms with E-state index >= 15 is 0 Å². The summed E-state index contributed by atoms with van der Waals surface area (Å²) in [6.07, 6.45) is 0. The van der Waals surface area contributed by atoms with E-state index in [9.17, 15) is 4.79 Å². The fraction of sp³-hybridized carbons (Fsp3) is 0.125. The van der Waals surface area contributed by atoms with Crippen LogP contribution in [-0.4, -0.2) is 26.4 Å². The van der Waals surface area contributed by atoms with E-state index in [0.29, 0.717) is 5.16 Å². The summed E-state index contributed by atoms with van der Waals surface area (Å²) in [6, 6.07) is 27.7. The van der Waals surface area contributed by atoms with Crippen molar-refractivity contribution in [3.8, 4) is 17.1 Å². The molecule has 1 unspecified atom stereocenters. The zero-order valence-electron chi connectivity index (χ0n) is 16.9. The molecule has 0 bridgehead atoms. The SMILES string of the molecule is CC(NC(=O)CSc1nnc(-c2cccc(Br)c2)n1-c1ccccc1)c1ccccc1. The number of benzene rings is 3. The maximum atomic E-state index is 12.6. The van der Waals surface area contributed by atoms with Crippen molar-refractivity contribution in [2.45, 2.75) is 18.1 Å². The van der Waals surface area contributed by atoms with Gasteiger partial charge in [0.1, 0.15) is 0 Å². The molecule has 0 aliphatic heterocycles. The molecule has 1 atom stereocenters. The van der Waals surface area contributed by atoms with Gasteiger partial charge in [0.2, 0.25) is 5.91 Å². The van der Waals surface area contributed by atoms with E-state index in [-0.39, 0.29) is 17.7 Å². The second-order valence-corrected chi connectivity index (χ2v) is 8.83. The minimum atomic E-state index is -0.0569. The lowest BCUT2D eigenvalue weighted by atomic mass is 10.1. The van der Waals surface area contributed by atoms with Gasteiger partial charge in [-0.1, -0.05) is 88.4 Å². The minimum Gasteiger partial charge on any atom is -0.349 e. The first-order valence-electron chi connectivity index (χ1n) is 9.85. The van der Waals surface area contributed by atoms with Crippen LogP contribution >= 0.6 is 27.7 Å². The number of nitrogens with zero attached hydrogens (tertiary/aromatic N) is 3. The maximum absolute atomic E-state index is 12.6. The summed E-state index contributed by atoms with van der Waals surface area (Å²) in [4.78, 5) is 12.6. The quantitative estimate of drug-likeness (QED) is 0.337. The molecule has 0 aliphatic carbocycles. The Hall–Kier alpha value is -2.90. The van der Waals surface area contributed by atoms with Gasteiger partial charge in [-0.05, 0) is 36.8 Å². The molecule has 1 heterocycles. The number of halogens is 1. The van der Waals surface area contributed by atoms with Crippen molar-refractivity contribution in [2.75, 3.05) is 5.75 Å². The van der Waals surface area contributed by atoms with Crippen molar-refractivity contribution >= 4 is 33.6 Å². The Morgan fingerprint density at radius 2 is 1.71 bits per heavy atom. The van der Waals surface area contributed by atoms with Crippen LogP contribution in [0.2, 0.25) is 0 Å². The highest BCUT2D eigenvalue weighted by Gasteiger charge is 2.18. The molecule has 4 aromatic rings. The van der Waals surface area contributed by atoms with Crippen molar-refractivity contribution in [1.29, 1.82) is 0 Å². The van der Waals surface area contributed by atoms with Gasteiger partial charge in [0.15, 0.2) is 11.0 Å². The van der Waals surface area contributed by atoms with Crippen LogP contribution in [0.3, 0.4) is 0 Å². The second kappa shape index (κ2) is 9.94. The zero-order valence-corrected chi connectivity index (χ0v) is 19.3. The number of nitrogens with one attached hydrogen (secondary N) is 1. The van der Waals surface area contributed by atoms with E-state index in [1.165, 1.54) is 11.8 Å². The summed E-state index contributed by atoms with van der Waals surface area (Å²) in [6.45, 7) is 1.98. The largest absolute Gasteiger partial charge is 0.349 e. The molecule has 3 aromatic carbocycles. The molecule has 0 aliphatic rings. The Labute approximate surface area is 194 Å². The molecule has 4 rings (SSSR count). The minimum absolute atomic E-state index is 0.0482. The van der Waals surface area contributed by atoms with Crippen molar-refractivity contribution in [1.82, 2.24) is 20.1 Å². The van der Waals surface area contributed by atoms with E-state index in [1.54, 1.807) is 0 Å². The van der Waals surface area contributed by atoms with Crippen LogP contribution in [0.15, 0.2) is 94.6 Å². The summed E-state index contributed by atoms with van der Waals surface area (Å²) in [5.74, 6) is 0.932. The highest BCUT2D eigenvalue weighted by atomic mass is 79.9. The van der Waals surface area contributed by atoms with Crippen LogP contribution in [0.25, 0.3) is 17.1 Å². The number of hydrogen-bond acceptors (Lipinski definition) is 4. The number of aromatic nitrogens is 3. The summed E-state index contributed by atoms with van der Waals surface area (Å²) in [5, 5.41) is 12.5. The number of para-hydroxylation sites is 1. The first-order valence-corrected chi connectivity index (χ1v) is 11.6. The molecule has 0 fully saturated rings. The van der Waals surface area contributed by atoms with E-state index in [1.807, 2.05) is 96.4 Å². The first kappa shape index (κ1) is 21.3. The molecule has 0 spiro atoms. The lowest BCUT2D eigenvalue weighted by Crippen LogP contribution is -2.28. The van der Waals surface area contributed by atoms with E-state index in [2.05, 4.69) is 31.4 Å². The average Bonchev–Trinajstić information content (AvgIpc) is 3.23. The molecule has 0 radical (unpaired) electrons. The highest BCUT2D eigenvalue weighted by Crippen LogP contribution is 2.29. The van der Waals surface area contributed by atoms with Crippen LogP contribution in [0, 0.1) is 0 Å². The number of carbonyl (C=O) groups excluding carboxylic acids is 1. The van der Waals surface area contributed by atoms with Gasteiger partial charge >= 0.3 is 0 Å². The van der Waals surface area contributed by atoms with Gasteiger partial charge in [-0.2, -0.15) is 0 Å². The van der Waals surface area contributed by atoms with Gasteiger partial charge in [-0.15, -0.1) is 10.2 Å². The van der Waals surface area contributed by atoms with Gasteiger partial charge in [0.05, 0.1) is 11.8 Å². The molecule has 5 nitrogen and oxygen atoms in total. The summed E-state index contributed by atoms with van der Waals surface area (Å²) >= 11 is 4.90. The Morgan fingerprint density at radius 1 is 1.00 bits per heavy atom. The van der Waals surface area contributed by atoms with Gasteiger partial charge in [-0.25, -0.2) is 0 Å². The Balaban J connectivity index is 1.55. The summed E-state index contributed by atoms with van der Waals surface area (Å²) in [7, 11) is 0. The van der Waals surface area contributed by atoms with Crippen LogP contribution in [0.4, 0.5) is 0 Å². The molecular formula is C24H21BrN4OS. The average molecular weight is 493 g/mol. The van der Waals surface area contributed by atoms with E-state index in [4.69, 9.17) is 0 Å². The van der Waals surface area contributed by atoms with Gasteiger partial charge in [0.25, 0.3) is 0 Å². The monoisotopic (exact) mass is 492 g/mol. The van der Waals surface area contributed by atoms with Gasteiger partial charge in [-0.3, -0.25) is 9.36 Å².